The highest BCUT2D eigenvalue weighted by molar-refractivity contribution is 8.00. The topological polar surface area (TPSA) is 29.5 Å². The van der Waals surface area contributed by atoms with Crippen molar-refractivity contribution in [3.63, 3.8) is 0 Å². The number of aliphatic hydroxyl groups is 1. The predicted molar refractivity (Wildman–Crippen MR) is 71.8 cm³/mol. The van der Waals surface area contributed by atoms with Crippen LogP contribution in [0.5, 0.6) is 0 Å². The van der Waals surface area contributed by atoms with Crippen molar-refractivity contribution in [1.82, 2.24) is 0 Å². The van der Waals surface area contributed by atoms with Crippen LogP contribution in [-0.2, 0) is 4.74 Å². The maximum absolute atomic E-state index is 9.51. The van der Waals surface area contributed by atoms with E-state index >= 15 is 0 Å². The van der Waals surface area contributed by atoms with Crippen LogP contribution in [0.3, 0.4) is 0 Å². The number of aliphatic hydroxyl groups excluding tert-OH is 1. The molecule has 0 radical (unpaired) electrons. The Labute approximate surface area is 111 Å². The Morgan fingerprint density at radius 1 is 1.41 bits per heavy atom. The number of halogens is 1. The number of benzene rings is 1. The van der Waals surface area contributed by atoms with Gasteiger partial charge in [-0.05, 0) is 37.5 Å². The molecule has 0 bridgehead atoms. The summed E-state index contributed by atoms with van der Waals surface area (Å²) >= 11 is 8.00. The average Bonchev–Trinajstić information content (AvgIpc) is 2.30. The van der Waals surface area contributed by atoms with Gasteiger partial charge in [-0.1, -0.05) is 17.7 Å². The Kier molecular flexibility index (Phi) is 4.74. The first kappa shape index (κ1) is 13.2. The number of hydrogen-bond donors (Lipinski definition) is 1. The maximum atomic E-state index is 9.51. The van der Waals surface area contributed by atoms with Crippen LogP contribution in [0.25, 0.3) is 0 Å². The molecule has 94 valence electrons. The predicted octanol–water partition coefficient (Wildman–Crippen LogP) is 3.66. The smallest absolute Gasteiger partial charge is 0.0776 e. The molecule has 1 heterocycles. The van der Waals surface area contributed by atoms with E-state index in [9.17, 15) is 5.11 Å². The summed E-state index contributed by atoms with van der Waals surface area (Å²) in [6, 6.07) is 5.90. The Hall–Kier alpha value is -0.220. The third-order valence-electron chi connectivity index (χ3n) is 2.89. The highest BCUT2D eigenvalue weighted by Crippen LogP contribution is 2.33. The summed E-state index contributed by atoms with van der Waals surface area (Å²) in [6.45, 7) is 3.45. The molecule has 1 aliphatic heterocycles. The molecule has 0 saturated carbocycles. The second-order valence-corrected chi connectivity index (χ2v) is 6.07. The Balaban J connectivity index is 2.04. The fourth-order valence-electron chi connectivity index (χ4n) is 1.91. The van der Waals surface area contributed by atoms with Crippen molar-refractivity contribution in [3.8, 4) is 0 Å². The second kappa shape index (κ2) is 6.10. The van der Waals surface area contributed by atoms with Crippen LogP contribution >= 0.6 is 23.4 Å². The Morgan fingerprint density at radius 2 is 2.12 bits per heavy atom. The molecule has 0 spiro atoms. The molecule has 4 heteroatoms. The van der Waals surface area contributed by atoms with Gasteiger partial charge in [0.15, 0.2) is 0 Å². The van der Waals surface area contributed by atoms with Crippen LogP contribution in [0, 0.1) is 0 Å². The monoisotopic (exact) mass is 272 g/mol. The van der Waals surface area contributed by atoms with Gasteiger partial charge in [-0.15, -0.1) is 11.8 Å². The molecule has 1 aliphatic rings. The Bertz CT molecular complexity index is 376. The first-order chi connectivity index (χ1) is 8.16. The molecule has 1 unspecified atom stereocenters. The molecule has 1 aromatic carbocycles. The van der Waals surface area contributed by atoms with Crippen LogP contribution in [0.1, 0.15) is 31.4 Å². The number of thioether (sulfide) groups is 1. The largest absolute Gasteiger partial charge is 0.389 e. The molecule has 0 amide bonds. The van der Waals surface area contributed by atoms with Gasteiger partial charge in [0.25, 0.3) is 0 Å². The number of hydrogen-bond acceptors (Lipinski definition) is 3. The molecule has 2 nitrogen and oxygen atoms in total. The minimum absolute atomic E-state index is 0.510. The van der Waals surface area contributed by atoms with Gasteiger partial charge in [-0.2, -0.15) is 0 Å². The van der Waals surface area contributed by atoms with Crippen LogP contribution in [0.15, 0.2) is 23.1 Å². The van der Waals surface area contributed by atoms with E-state index in [-0.39, 0.29) is 0 Å². The van der Waals surface area contributed by atoms with Crippen molar-refractivity contribution in [2.75, 3.05) is 13.2 Å². The first-order valence-electron chi connectivity index (χ1n) is 5.88. The van der Waals surface area contributed by atoms with Gasteiger partial charge in [-0.3, -0.25) is 0 Å². The normalized spacial score (nSPS) is 19.2. The number of rotatable bonds is 3. The minimum atomic E-state index is -0.510. The van der Waals surface area contributed by atoms with Gasteiger partial charge >= 0.3 is 0 Å². The minimum Gasteiger partial charge on any atom is -0.389 e. The van der Waals surface area contributed by atoms with E-state index in [2.05, 4.69) is 0 Å². The second-order valence-electron chi connectivity index (χ2n) is 4.29. The third-order valence-corrected chi connectivity index (χ3v) is 4.55. The van der Waals surface area contributed by atoms with Gasteiger partial charge in [-0.25, -0.2) is 0 Å². The molecule has 2 rings (SSSR count). The lowest BCUT2D eigenvalue weighted by molar-refractivity contribution is 0.100. The molecule has 1 saturated heterocycles. The number of ether oxygens (including phenoxy) is 1. The summed E-state index contributed by atoms with van der Waals surface area (Å²) in [6.07, 6.45) is 1.69. The van der Waals surface area contributed by atoms with Crippen molar-refractivity contribution in [2.45, 2.75) is 36.0 Å². The third kappa shape index (κ3) is 3.62. The standard InChI is InChI=1S/C13H17ClO2S/c1-9(15)12-3-2-11(8-13(12)14)17-10-4-6-16-7-5-10/h2-3,8-10,15H,4-7H2,1H3. The Morgan fingerprint density at radius 3 is 2.71 bits per heavy atom. The van der Waals surface area contributed by atoms with Gasteiger partial charge in [0.2, 0.25) is 0 Å². The molecule has 0 aliphatic carbocycles. The highest BCUT2D eigenvalue weighted by atomic mass is 35.5. The summed E-state index contributed by atoms with van der Waals surface area (Å²) in [5.41, 5.74) is 0.794. The van der Waals surface area contributed by atoms with E-state index in [1.54, 1.807) is 6.92 Å². The van der Waals surface area contributed by atoms with Crippen LogP contribution in [-0.4, -0.2) is 23.6 Å². The zero-order valence-corrected chi connectivity index (χ0v) is 11.4. The van der Waals surface area contributed by atoms with Crippen molar-refractivity contribution >= 4 is 23.4 Å². The highest BCUT2D eigenvalue weighted by Gasteiger charge is 2.16. The van der Waals surface area contributed by atoms with Crippen LogP contribution < -0.4 is 0 Å². The van der Waals surface area contributed by atoms with Crippen molar-refractivity contribution in [3.05, 3.63) is 28.8 Å². The van der Waals surface area contributed by atoms with Gasteiger partial charge < -0.3 is 9.84 Å². The lowest BCUT2D eigenvalue weighted by Gasteiger charge is -2.21. The van der Waals surface area contributed by atoms with Crippen LogP contribution in [0.4, 0.5) is 0 Å². The van der Waals surface area contributed by atoms with Crippen molar-refractivity contribution < 1.29 is 9.84 Å². The fraction of sp³-hybridized carbons (Fsp3) is 0.538. The molecular formula is C13H17ClO2S. The zero-order valence-electron chi connectivity index (χ0n) is 9.86. The average molecular weight is 273 g/mol. The molecule has 0 aromatic heterocycles. The molecule has 1 aromatic rings. The zero-order chi connectivity index (χ0) is 12.3. The summed E-state index contributed by atoms with van der Waals surface area (Å²) in [7, 11) is 0. The van der Waals surface area contributed by atoms with Gasteiger partial charge in [0, 0.05) is 28.4 Å². The lowest BCUT2D eigenvalue weighted by atomic mass is 10.1. The molecule has 17 heavy (non-hydrogen) atoms. The summed E-state index contributed by atoms with van der Waals surface area (Å²) in [4.78, 5) is 1.17. The molecule has 1 fully saturated rings. The van der Waals surface area contributed by atoms with E-state index in [0.717, 1.165) is 31.6 Å². The lowest BCUT2D eigenvalue weighted by Crippen LogP contribution is -2.17. The molecular weight excluding hydrogens is 256 g/mol. The van der Waals surface area contributed by atoms with Gasteiger partial charge in [0.1, 0.15) is 0 Å². The van der Waals surface area contributed by atoms with E-state index in [1.807, 2.05) is 30.0 Å². The molecule has 1 atom stereocenters. The summed E-state index contributed by atoms with van der Waals surface area (Å²) in [5.74, 6) is 0. The quantitative estimate of drug-likeness (QED) is 0.911. The maximum Gasteiger partial charge on any atom is 0.0776 e. The van der Waals surface area contributed by atoms with E-state index in [0.29, 0.717) is 10.3 Å². The van der Waals surface area contributed by atoms with Crippen LogP contribution in [0.2, 0.25) is 5.02 Å². The molecule has 1 N–H and O–H groups in total. The summed E-state index contributed by atoms with van der Waals surface area (Å²) < 4.78 is 5.34. The van der Waals surface area contributed by atoms with Crippen molar-refractivity contribution in [1.29, 1.82) is 0 Å². The van der Waals surface area contributed by atoms with E-state index in [4.69, 9.17) is 16.3 Å². The van der Waals surface area contributed by atoms with Gasteiger partial charge in [0.05, 0.1) is 6.10 Å². The van der Waals surface area contributed by atoms with Crippen molar-refractivity contribution in [2.24, 2.45) is 0 Å². The fourth-order valence-corrected chi connectivity index (χ4v) is 3.45. The van der Waals surface area contributed by atoms with E-state index < -0.39 is 6.10 Å². The van der Waals surface area contributed by atoms with E-state index in [1.165, 1.54) is 4.90 Å². The summed E-state index contributed by atoms with van der Waals surface area (Å²) in [5, 5.41) is 10.8. The SMILES string of the molecule is CC(O)c1ccc(SC2CCOCC2)cc1Cl. The first-order valence-corrected chi connectivity index (χ1v) is 7.14.